The van der Waals surface area contributed by atoms with Crippen LogP contribution < -0.4 is 0 Å². The molecule has 0 aliphatic carbocycles. The number of furan rings is 1. The zero-order valence-electron chi connectivity index (χ0n) is 32.1. The molecule has 0 saturated heterocycles. The van der Waals surface area contributed by atoms with E-state index >= 15 is 0 Å². The van der Waals surface area contributed by atoms with Gasteiger partial charge in [0.05, 0.1) is 0 Å². The molecule has 0 unspecified atom stereocenters. The van der Waals surface area contributed by atoms with Crippen molar-refractivity contribution in [1.29, 1.82) is 0 Å². The third kappa shape index (κ3) is 5.81. The molecular weight excluding hydrogens is 737 g/mol. The topological polar surface area (TPSA) is 77.8 Å². The van der Waals surface area contributed by atoms with Gasteiger partial charge in [0.15, 0.2) is 23.1 Å². The van der Waals surface area contributed by atoms with Crippen LogP contribution in [-0.4, -0.2) is 19.9 Å². The summed E-state index contributed by atoms with van der Waals surface area (Å²) in [6.45, 7) is 0. The standard InChI is InChI=1S/C54H32N4O2/c1-2-11-33(12-3-1)36-21-25-37(26-22-36)51-56-52(58-53(57-51)42-27-23-34-13-4-6-15-38(34)29-42)41-18-10-17-40(31-41)48-49-44-19-8-9-20-46(44)59-47(49)32-45-50(48)60-54(55-45)43-28-24-35-14-5-7-16-39(35)30-43/h1-32H. The van der Waals surface area contributed by atoms with Gasteiger partial charge < -0.3 is 8.83 Å². The molecule has 0 amide bonds. The molecule has 60 heavy (non-hydrogen) atoms. The van der Waals surface area contributed by atoms with Crippen LogP contribution >= 0.6 is 0 Å². The molecule has 0 saturated carbocycles. The van der Waals surface area contributed by atoms with Gasteiger partial charge in [0.2, 0.25) is 5.89 Å². The second-order valence-electron chi connectivity index (χ2n) is 15.0. The van der Waals surface area contributed by atoms with Crippen LogP contribution in [0.4, 0.5) is 0 Å². The Bertz CT molecular complexity index is 3610. The maximum Gasteiger partial charge on any atom is 0.227 e. The number of aromatic nitrogens is 4. The summed E-state index contributed by atoms with van der Waals surface area (Å²) in [5, 5.41) is 6.52. The van der Waals surface area contributed by atoms with Gasteiger partial charge in [-0.3, -0.25) is 0 Å². The Labute approximate surface area is 344 Å². The summed E-state index contributed by atoms with van der Waals surface area (Å²) >= 11 is 0. The lowest BCUT2D eigenvalue weighted by atomic mass is 9.96. The Hall–Kier alpha value is -8.22. The van der Waals surface area contributed by atoms with Crippen molar-refractivity contribution in [2.24, 2.45) is 0 Å². The second kappa shape index (κ2) is 13.7. The molecule has 12 rings (SSSR count). The quantitative estimate of drug-likeness (QED) is 0.168. The lowest BCUT2D eigenvalue weighted by molar-refractivity contribution is 0.621. The highest BCUT2D eigenvalue weighted by Gasteiger charge is 2.22. The van der Waals surface area contributed by atoms with Crippen LogP contribution in [0, 0.1) is 0 Å². The van der Waals surface area contributed by atoms with Crippen molar-refractivity contribution in [2.45, 2.75) is 0 Å². The molecule has 0 spiro atoms. The van der Waals surface area contributed by atoms with E-state index in [0.29, 0.717) is 34.5 Å². The van der Waals surface area contributed by atoms with Crippen LogP contribution in [0.2, 0.25) is 0 Å². The molecule has 0 bridgehead atoms. The van der Waals surface area contributed by atoms with Crippen LogP contribution in [0.15, 0.2) is 203 Å². The summed E-state index contributed by atoms with van der Waals surface area (Å²) in [6, 6.07) is 66.5. The van der Waals surface area contributed by atoms with Gasteiger partial charge in [-0.1, -0.05) is 158 Å². The molecule has 0 fully saturated rings. The predicted molar refractivity (Wildman–Crippen MR) is 242 cm³/mol. The minimum Gasteiger partial charge on any atom is -0.456 e. The van der Waals surface area contributed by atoms with Crippen molar-refractivity contribution in [1.82, 2.24) is 19.9 Å². The van der Waals surface area contributed by atoms with Crippen LogP contribution in [-0.2, 0) is 0 Å². The molecule has 12 aromatic rings. The van der Waals surface area contributed by atoms with Gasteiger partial charge in [0.25, 0.3) is 0 Å². The van der Waals surface area contributed by atoms with Crippen LogP contribution in [0.5, 0.6) is 0 Å². The number of nitrogens with zero attached hydrogens (tertiary/aromatic N) is 4. The number of fused-ring (bicyclic) bond motifs is 6. The van der Waals surface area contributed by atoms with Crippen LogP contribution in [0.3, 0.4) is 0 Å². The summed E-state index contributed by atoms with van der Waals surface area (Å²) in [6.07, 6.45) is 0. The molecular formula is C54H32N4O2. The molecule has 6 heteroatoms. The normalized spacial score (nSPS) is 11.7. The van der Waals surface area contributed by atoms with E-state index in [1.165, 1.54) is 0 Å². The minimum absolute atomic E-state index is 0.547. The lowest BCUT2D eigenvalue weighted by Crippen LogP contribution is -2.00. The van der Waals surface area contributed by atoms with E-state index in [2.05, 4.69) is 146 Å². The summed E-state index contributed by atoms with van der Waals surface area (Å²) in [5.74, 6) is 2.30. The Morgan fingerprint density at radius 1 is 0.317 bits per heavy atom. The number of hydrogen-bond donors (Lipinski definition) is 0. The van der Waals surface area contributed by atoms with E-state index in [0.717, 1.165) is 88.0 Å². The Morgan fingerprint density at radius 3 is 1.60 bits per heavy atom. The van der Waals surface area contributed by atoms with Crippen molar-refractivity contribution in [2.75, 3.05) is 0 Å². The largest absolute Gasteiger partial charge is 0.456 e. The first kappa shape index (κ1) is 33.9. The van der Waals surface area contributed by atoms with E-state index < -0.39 is 0 Å². The predicted octanol–water partition coefficient (Wildman–Crippen LogP) is 14.2. The van der Waals surface area contributed by atoms with E-state index in [9.17, 15) is 0 Å². The molecule has 3 heterocycles. The SMILES string of the molecule is c1ccc(-c2ccc(-c3nc(-c4cccc(-c5c6oc(-c7ccc8ccccc8c7)nc6cc6oc7ccccc7c56)c4)nc(-c4ccc5ccccc5c4)n3)cc2)cc1. The Balaban J connectivity index is 1.04. The van der Waals surface area contributed by atoms with Crippen LogP contribution in [0.25, 0.3) is 122 Å². The van der Waals surface area contributed by atoms with Gasteiger partial charge in [-0.2, -0.15) is 0 Å². The van der Waals surface area contributed by atoms with Crippen molar-refractivity contribution >= 4 is 54.6 Å². The second-order valence-corrected chi connectivity index (χ2v) is 15.0. The summed E-state index contributed by atoms with van der Waals surface area (Å²) < 4.78 is 13.3. The van der Waals surface area contributed by atoms with E-state index in [1.807, 2.05) is 48.5 Å². The zero-order chi connectivity index (χ0) is 39.6. The summed E-state index contributed by atoms with van der Waals surface area (Å²) in [4.78, 5) is 20.5. The van der Waals surface area contributed by atoms with Gasteiger partial charge in [-0.05, 0) is 68.6 Å². The molecule has 6 nitrogen and oxygen atoms in total. The fraction of sp³-hybridized carbons (Fsp3) is 0. The first-order valence-corrected chi connectivity index (χ1v) is 19.9. The summed E-state index contributed by atoms with van der Waals surface area (Å²) in [7, 11) is 0. The van der Waals surface area contributed by atoms with Gasteiger partial charge in [-0.15, -0.1) is 0 Å². The molecule has 0 aliphatic rings. The first-order valence-electron chi connectivity index (χ1n) is 19.9. The number of hydrogen-bond acceptors (Lipinski definition) is 6. The van der Waals surface area contributed by atoms with Crippen molar-refractivity contribution < 1.29 is 8.83 Å². The van der Waals surface area contributed by atoms with E-state index in [4.69, 9.17) is 28.8 Å². The summed E-state index contributed by atoms with van der Waals surface area (Å²) in [5.41, 5.74) is 10.6. The third-order valence-corrected chi connectivity index (χ3v) is 11.3. The van der Waals surface area contributed by atoms with Crippen LogP contribution in [0.1, 0.15) is 0 Å². The van der Waals surface area contributed by atoms with Gasteiger partial charge >= 0.3 is 0 Å². The third-order valence-electron chi connectivity index (χ3n) is 11.3. The highest BCUT2D eigenvalue weighted by Crippen LogP contribution is 2.44. The van der Waals surface area contributed by atoms with Gasteiger partial charge in [0, 0.05) is 44.7 Å². The number of oxazole rings is 1. The van der Waals surface area contributed by atoms with E-state index in [1.54, 1.807) is 0 Å². The maximum atomic E-state index is 6.80. The fourth-order valence-electron chi connectivity index (χ4n) is 8.34. The van der Waals surface area contributed by atoms with Crippen molar-refractivity contribution in [3.8, 4) is 67.9 Å². The monoisotopic (exact) mass is 768 g/mol. The molecule has 0 aliphatic heterocycles. The molecule has 3 aromatic heterocycles. The molecule has 280 valence electrons. The van der Waals surface area contributed by atoms with E-state index in [-0.39, 0.29) is 0 Å². The lowest BCUT2D eigenvalue weighted by Gasteiger charge is -2.11. The molecule has 0 radical (unpaired) electrons. The fourth-order valence-corrected chi connectivity index (χ4v) is 8.34. The number of rotatable bonds is 6. The maximum absolute atomic E-state index is 6.80. The zero-order valence-corrected chi connectivity index (χ0v) is 32.1. The number of para-hydroxylation sites is 1. The first-order chi connectivity index (χ1) is 29.7. The van der Waals surface area contributed by atoms with Gasteiger partial charge in [-0.25, -0.2) is 19.9 Å². The highest BCUT2D eigenvalue weighted by atomic mass is 16.4. The Kier molecular flexibility index (Phi) is 7.74. The van der Waals surface area contributed by atoms with Gasteiger partial charge in [0.1, 0.15) is 16.7 Å². The minimum atomic E-state index is 0.547. The van der Waals surface area contributed by atoms with Crippen molar-refractivity contribution in [3.05, 3.63) is 194 Å². The highest BCUT2D eigenvalue weighted by molar-refractivity contribution is 6.19. The Morgan fingerprint density at radius 2 is 0.850 bits per heavy atom. The smallest absolute Gasteiger partial charge is 0.227 e. The molecule has 0 N–H and O–H groups in total. The van der Waals surface area contributed by atoms with Crippen molar-refractivity contribution in [3.63, 3.8) is 0 Å². The molecule has 0 atom stereocenters. The average molecular weight is 769 g/mol. The number of benzene rings is 9. The average Bonchev–Trinajstić information content (AvgIpc) is 3.92. The molecule has 9 aromatic carbocycles.